The minimum atomic E-state index is -0.537. The molecular weight excluding hydrogens is 276 g/mol. The van der Waals surface area contributed by atoms with Crippen molar-refractivity contribution in [3.63, 3.8) is 0 Å². The molecule has 1 amide bonds. The van der Waals surface area contributed by atoms with Crippen LogP contribution in [0.1, 0.15) is 31.4 Å². The van der Waals surface area contributed by atoms with Gasteiger partial charge in [-0.15, -0.1) is 0 Å². The molecule has 4 heteroatoms. The second-order valence-electron chi connectivity index (χ2n) is 6.60. The Morgan fingerprint density at radius 2 is 1.82 bits per heavy atom. The van der Waals surface area contributed by atoms with Crippen LogP contribution in [0.3, 0.4) is 0 Å². The lowest BCUT2D eigenvalue weighted by molar-refractivity contribution is -0.134. The molecule has 1 atom stereocenters. The molecule has 0 aromatic heterocycles. The number of aryl methyl sites for hydroxylation is 1. The van der Waals surface area contributed by atoms with E-state index >= 15 is 0 Å². The molecule has 2 rings (SSSR count). The Bertz CT molecular complexity index is 520. The molecule has 0 saturated carbocycles. The maximum atomic E-state index is 12.2. The fourth-order valence-corrected chi connectivity index (χ4v) is 2.82. The second kappa shape index (κ2) is 7.14. The van der Waals surface area contributed by atoms with Gasteiger partial charge >= 0.3 is 0 Å². The first kappa shape index (κ1) is 16.8. The summed E-state index contributed by atoms with van der Waals surface area (Å²) in [5, 5.41) is 9.87. The predicted molar refractivity (Wildman–Crippen MR) is 90.2 cm³/mol. The van der Waals surface area contributed by atoms with E-state index in [4.69, 9.17) is 0 Å². The van der Waals surface area contributed by atoms with Crippen LogP contribution in [-0.2, 0) is 4.79 Å². The number of hydrogen-bond acceptors (Lipinski definition) is 3. The van der Waals surface area contributed by atoms with Gasteiger partial charge in [0.1, 0.15) is 0 Å². The zero-order valence-electron chi connectivity index (χ0n) is 14.2. The molecule has 1 saturated heterocycles. The van der Waals surface area contributed by atoms with E-state index in [1.165, 1.54) is 16.8 Å². The third kappa shape index (κ3) is 3.80. The van der Waals surface area contributed by atoms with Crippen LogP contribution in [0.2, 0.25) is 0 Å². The van der Waals surface area contributed by atoms with Crippen LogP contribution < -0.4 is 4.90 Å². The van der Waals surface area contributed by atoms with Gasteiger partial charge < -0.3 is 14.9 Å². The predicted octanol–water partition coefficient (Wildman–Crippen LogP) is 2.36. The molecule has 1 aliphatic rings. The molecule has 1 aliphatic heterocycles. The van der Waals surface area contributed by atoms with Gasteiger partial charge in [0.05, 0.1) is 12.5 Å². The van der Waals surface area contributed by atoms with Crippen molar-refractivity contribution in [3.05, 3.63) is 29.3 Å². The Hall–Kier alpha value is -1.55. The molecule has 0 bridgehead atoms. The average Bonchev–Trinajstić information content (AvgIpc) is 2.50. The number of benzene rings is 1. The number of nitrogens with zero attached hydrogens (tertiary/aromatic N) is 2. The standard InChI is InChI=1S/C18H28N2O2/c1-13(2)17(21)12-18(22)20-10-8-19(9-11-20)16-7-5-6-14(3)15(16)4/h5-7,13,17,21H,8-12H2,1-4H3. The summed E-state index contributed by atoms with van der Waals surface area (Å²) in [6.45, 7) is 11.3. The summed E-state index contributed by atoms with van der Waals surface area (Å²) in [6.07, 6.45) is -0.300. The summed E-state index contributed by atoms with van der Waals surface area (Å²) in [7, 11) is 0. The maximum Gasteiger partial charge on any atom is 0.225 e. The van der Waals surface area contributed by atoms with Crippen LogP contribution in [-0.4, -0.2) is 48.2 Å². The largest absolute Gasteiger partial charge is 0.392 e. The molecule has 0 spiro atoms. The minimum Gasteiger partial charge on any atom is -0.392 e. The summed E-state index contributed by atoms with van der Waals surface area (Å²) in [4.78, 5) is 16.5. The molecule has 1 aromatic carbocycles. The molecule has 1 fully saturated rings. The van der Waals surface area contributed by atoms with E-state index in [1.807, 2.05) is 18.7 Å². The van der Waals surface area contributed by atoms with Crippen molar-refractivity contribution in [3.8, 4) is 0 Å². The van der Waals surface area contributed by atoms with E-state index in [1.54, 1.807) is 0 Å². The molecule has 1 aromatic rings. The lowest BCUT2D eigenvalue weighted by Gasteiger charge is -2.37. The Balaban J connectivity index is 1.93. The van der Waals surface area contributed by atoms with E-state index < -0.39 is 6.10 Å². The van der Waals surface area contributed by atoms with Crippen molar-refractivity contribution in [2.45, 2.75) is 40.2 Å². The fraction of sp³-hybridized carbons (Fsp3) is 0.611. The Labute approximate surface area is 133 Å². The Kier molecular flexibility index (Phi) is 5.46. The van der Waals surface area contributed by atoms with Crippen molar-refractivity contribution in [1.29, 1.82) is 0 Å². The van der Waals surface area contributed by atoms with Gasteiger partial charge in [-0.25, -0.2) is 0 Å². The third-order valence-electron chi connectivity index (χ3n) is 4.70. The fourth-order valence-electron chi connectivity index (χ4n) is 2.82. The van der Waals surface area contributed by atoms with E-state index in [2.05, 4.69) is 36.9 Å². The van der Waals surface area contributed by atoms with E-state index in [0.717, 1.165) is 26.2 Å². The van der Waals surface area contributed by atoms with Crippen molar-refractivity contribution in [1.82, 2.24) is 4.90 Å². The first-order valence-corrected chi connectivity index (χ1v) is 8.17. The van der Waals surface area contributed by atoms with Gasteiger partial charge in [-0.1, -0.05) is 26.0 Å². The molecule has 1 unspecified atom stereocenters. The number of anilines is 1. The quantitative estimate of drug-likeness (QED) is 0.928. The highest BCUT2D eigenvalue weighted by atomic mass is 16.3. The minimum absolute atomic E-state index is 0.0711. The number of rotatable bonds is 4. The second-order valence-corrected chi connectivity index (χ2v) is 6.60. The Morgan fingerprint density at radius 1 is 1.18 bits per heavy atom. The van der Waals surface area contributed by atoms with Gasteiger partial charge in [0.25, 0.3) is 0 Å². The number of hydrogen-bond donors (Lipinski definition) is 1. The van der Waals surface area contributed by atoms with Crippen molar-refractivity contribution < 1.29 is 9.90 Å². The first-order valence-electron chi connectivity index (χ1n) is 8.17. The van der Waals surface area contributed by atoms with E-state index in [-0.39, 0.29) is 18.2 Å². The van der Waals surface area contributed by atoms with E-state index in [9.17, 15) is 9.90 Å². The van der Waals surface area contributed by atoms with Crippen molar-refractivity contribution in [2.75, 3.05) is 31.1 Å². The third-order valence-corrected chi connectivity index (χ3v) is 4.70. The SMILES string of the molecule is Cc1cccc(N2CCN(C(=O)CC(O)C(C)C)CC2)c1C. The summed E-state index contributed by atoms with van der Waals surface area (Å²) >= 11 is 0. The number of carbonyl (C=O) groups excluding carboxylic acids is 1. The summed E-state index contributed by atoms with van der Waals surface area (Å²) in [5.41, 5.74) is 3.89. The summed E-state index contributed by atoms with van der Waals surface area (Å²) in [5.74, 6) is 0.196. The molecule has 0 aliphatic carbocycles. The number of carbonyl (C=O) groups is 1. The van der Waals surface area contributed by atoms with Crippen molar-refractivity contribution in [2.24, 2.45) is 5.92 Å². The average molecular weight is 304 g/mol. The molecule has 22 heavy (non-hydrogen) atoms. The van der Waals surface area contributed by atoms with Gasteiger partial charge in [-0.05, 0) is 37.0 Å². The molecule has 1 N–H and O–H groups in total. The molecular formula is C18H28N2O2. The van der Waals surface area contributed by atoms with Crippen LogP contribution >= 0.6 is 0 Å². The van der Waals surface area contributed by atoms with Gasteiger partial charge in [0.15, 0.2) is 0 Å². The topological polar surface area (TPSA) is 43.8 Å². The summed E-state index contributed by atoms with van der Waals surface area (Å²) in [6, 6.07) is 6.38. The number of aliphatic hydroxyl groups excluding tert-OH is 1. The van der Waals surface area contributed by atoms with Crippen LogP contribution in [0, 0.1) is 19.8 Å². The zero-order valence-corrected chi connectivity index (χ0v) is 14.2. The summed E-state index contributed by atoms with van der Waals surface area (Å²) < 4.78 is 0. The highest BCUT2D eigenvalue weighted by molar-refractivity contribution is 5.77. The zero-order chi connectivity index (χ0) is 16.3. The molecule has 1 heterocycles. The number of piperazine rings is 1. The molecule has 4 nitrogen and oxygen atoms in total. The maximum absolute atomic E-state index is 12.2. The smallest absolute Gasteiger partial charge is 0.225 e. The number of aliphatic hydroxyl groups is 1. The normalized spacial score (nSPS) is 17.0. The number of amides is 1. The van der Waals surface area contributed by atoms with Gasteiger partial charge in [0, 0.05) is 31.9 Å². The lowest BCUT2D eigenvalue weighted by atomic mass is 10.0. The molecule has 122 valence electrons. The van der Waals surface area contributed by atoms with Crippen LogP contribution in [0.4, 0.5) is 5.69 Å². The van der Waals surface area contributed by atoms with E-state index in [0.29, 0.717) is 0 Å². The lowest BCUT2D eigenvalue weighted by Crippen LogP contribution is -2.49. The highest BCUT2D eigenvalue weighted by Crippen LogP contribution is 2.24. The van der Waals surface area contributed by atoms with Crippen LogP contribution in [0.15, 0.2) is 18.2 Å². The first-order chi connectivity index (χ1) is 10.4. The van der Waals surface area contributed by atoms with Gasteiger partial charge in [-0.2, -0.15) is 0 Å². The van der Waals surface area contributed by atoms with Gasteiger partial charge in [-0.3, -0.25) is 4.79 Å². The molecule has 0 radical (unpaired) electrons. The van der Waals surface area contributed by atoms with Gasteiger partial charge in [0.2, 0.25) is 5.91 Å². The van der Waals surface area contributed by atoms with Crippen LogP contribution in [0.25, 0.3) is 0 Å². The van der Waals surface area contributed by atoms with Crippen molar-refractivity contribution >= 4 is 11.6 Å². The Morgan fingerprint density at radius 3 is 2.41 bits per heavy atom. The highest BCUT2D eigenvalue weighted by Gasteiger charge is 2.24. The van der Waals surface area contributed by atoms with Crippen LogP contribution in [0.5, 0.6) is 0 Å². The monoisotopic (exact) mass is 304 g/mol.